The number of nitrogens with zero attached hydrogens (tertiary/aromatic N) is 1. The standard InChI is InChI=1S/C14H18N2S/c1-10-3-5-12(6-4-10)7-14-16-9-13(17-14)11(2)8-15/h3-6,9,11H,7-8,15H2,1-2H3. The SMILES string of the molecule is Cc1ccc(Cc2ncc(C(C)CN)s2)cc1. The molecule has 90 valence electrons. The molecule has 0 fully saturated rings. The quantitative estimate of drug-likeness (QED) is 0.900. The summed E-state index contributed by atoms with van der Waals surface area (Å²) >= 11 is 1.77. The van der Waals surface area contributed by atoms with E-state index in [2.05, 4.69) is 43.1 Å². The van der Waals surface area contributed by atoms with Crippen LogP contribution in [-0.2, 0) is 6.42 Å². The summed E-state index contributed by atoms with van der Waals surface area (Å²) in [4.78, 5) is 5.75. The van der Waals surface area contributed by atoms with Crippen LogP contribution in [0, 0.1) is 6.92 Å². The second-order valence-corrected chi connectivity index (χ2v) is 5.60. The highest BCUT2D eigenvalue weighted by Gasteiger charge is 2.08. The summed E-state index contributed by atoms with van der Waals surface area (Å²) < 4.78 is 0. The zero-order valence-corrected chi connectivity index (χ0v) is 11.1. The van der Waals surface area contributed by atoms with Crippen molar-refractivity contribution < 1.29 is 0 Å². The molecule has 1 heterocycles. The van der Waals surface area contributed by atoms with Crippen LogP contribution < -0.4 is 5.73 Å². The number of hydrogen-bond acceptors (Lipinski definition) is 3. The highest BCUT2D eigenvalue weighted by molar-refractivity contribution is 7.11. The van der Waals surface area contributed by atoms with Gasteiger partial charge in [0.1, 0.15) is 0 Å². The largest absolute Gasteiger partial charge is 0.330 e. The van der Waals surface area contributed by atoms with Crippen LogP contribution in [0.3, 0.4) is 0 Å². The van der Waals surface area contributed by atoms with E-state index < -0.39 is 0 Å². The summed E-state index contributed by atoms with van der Waals surface area (Å²) in [5.74, 6) is 0.416. The number of rotatable bonds is 4. The fraction of sp³-hybridized carbons (Fsp3) is 0.357. The molecule has 2 rings (SSSR count). The van der Waals surface area contributed by atoms with Crippen molar-refractivity contribution in [1.82, 2.24) is 4.98 Å². The van der Waals surface area contributed by atoms with E-state index in [0.717, 1.165) is 6.42 Å². The van der Waals surface area contributed by atoms with E-state index in [0.29, 0.717) is 12.5 Å². The molecule has 0 spiro atoms. The Hall–Kier alpha value is -1.19. The minimum absolute atomic E-state index is 0.416. The Balaban J connectivity index is 2.08. The van der Waals surface area contributed by atoms with Gasteiger partial charge in [-0.1, -0.05) is 36.8 Å². The van der Waals surface area contributed by atoms with Crippen molar-refractivity contribution >= 4 is 11.3 Å². The van der Waals surface area contributed by atoms with Gasteiger partial charge in [-0.05, 0) is 19.0 Å². The van der Waals surface area contributed by atoms with Crippen molar-refractivity contribution in [3.63, 3.8) is 0 Å². The van der Waals surface area contributed by atoms with Crippen molar-refractivity contribution in [2.45, 2.75) is 26.2 Å². The van der Waals surface area contributed by atoms with Gasteiger partial charge in [0.05, 0.1) is 5.01 Å². The Labute approximate surface area is 107 Å². The fourth-order valence-electron chi connectivity index (χ4n) is 1.63. The molecule has 0 saturated heterocycles. The number of thiazole rings is 1. The van der Waals surface area contributed by atoms with Crippen LogP contribution in [0.5, 0.6) is 0 Å². The first-order valence-corrected chi connectivity index (χ1v) is 6.71. The molecule has 3 heteroatoms. The van der Waals surface area contributed by atoms with Gasteiger partial charge >= 0.3 is 0 Å². The molecular formula is C14H18N2S. The van der Waals surface area contributed by atoms with Crippen LogP contribution in [0.1, 0.15) is 33.9 Å². The molecular weight excluding hydrogens is 228 g/mol. The van der Waals surface area contributed by atoms with E-state index in [4.69, 9.17) is 5.73 Å². The summed E-state index contributed by atoms with van der Waals surface area (Å²) in [7, 11) is 0. The van der Waals surface area contributed by atoms with E-state index in [1.54, 1.807) is 11.3 Å². The number of nitrogens with two attached hydrogens (primary N) is 1. The lowest BCUT2D eigenvalue weighted by atomic mass is 10.1. The molecule has 1 aromatic heterocycles. The van der Waals surface area contributed by atoms with Gasteiger partial charge in [0, 0.05) is 23.4 Å². The van der Waals surface area contributed by atoms with Crippen molar-refractivity contribution in [2.75, 3.05) is 6.54 Å². The van der Waals surface area contributed by atoms with Gasteiger partial charge in [-0.15, -0.1) is 11.3 Å². The second-order valence-electron chi connectivity index (χ2n) is 4.46. The molecule has 2 aromatic rings. The third-order valence-electron chi connectivity index (χ3n) is 2.89. The molecule has 0 aliphatic rings. The van der Waals surface area contributed by atoms with Gasteiger partial charge in [-0.25, -0.2) is 4.98 Å². The van der Waals surface area contributed by atoms with Crippen LogP contribution in [0.15, 0.2) is 30.5 Å². The summed E-state index contributed by atoms with van der Waals surface area (Å²) in [5, 5.41) is 1.17. The third-order valence-corrected chi connectivity index (χ3v) is 4.12. The van der Waals surface area contributed by atoms with Crippen molar-refractivity contribution in [1.29, 1.82) is 0 Å². The normalized spacial score (nSPS) is 12.6. The molecule has 1 aromatic carbocycles. The van der Waals surface area contributed by atoms with Crippen molar-refractivity contribution in [2.24, 2.45) is 5.73 Å². The molecule has 0 saturated carbocycles. The van der Waals surface area contributed by atoms with E-state index in [1.807, 2.05) is 6.20 Å². The molecule has 17 heavy (non-hydrogen) atoms. The number of aryl methyl sites for hydroxylation is 1. The summed E-state index contributed by atoms with van der Waals surface area (Å²) in [6.45, 7) is 4.93. The molecule has 1 atom stereocenters. The molecule has 0 aliphatic heterocycles. The van der Waals surface area contributed by atoms with Gasteiger partial charge in [0.15, 0.2) is 0 Å². The monoisotopic (exact) mass is 246 g/mol. The fourth-order valence-corrected chi connectivity index (χ4v) is 2.65. The maximum atomic E-state index is 5.66. The highest BCUT2D eigenvalue weighted by Crippen LogP contribution is 2.23. The van der Waals surface area contributed by atoms with Crippen molar-refractivity contribution in [3.05, 3.63) is 51.5 Å². The second kappa shape index (κ2) is 5.43. The maximum absolute atomic E-state index is 5.66. The maximum Gasteiger partial charge on any atom is 0.0971 e. The lowest BCUT2D eigenvalue weighted by Crippen LogP contribution is -2.07. The van der Waals surface area contributed by atoms with E-state index >= 15 is 0 Å². The number of benzene rings is 1. The predicted molar refractivity (Wildman–Crippen MR) is 73.6 cm³/mol. The molecule has 0 radical (unpaired) electrons. The lowest BCUT2D eigenvalue weighted by Gasteiger charge is -2.02. The Bertz CT molecular complexity index is 473. The van der Waals surface area contributed by atoms with Crippen LogP contribution >= 0.6 is 11.3 Å². The molecule has 0 amide bonds. The Morgan fingerprint density at radius 1 is 1.29 bits per heavy atom. The first kappa shape index (κ1) is 12.3. The first-order valence-electron chi connectivity index (χ1n) is 5.89. The molecule has 2 nitrogen and oxygen atoms in total. The highest BCUT2D eigenvalue weighted by atomic mass is 32.1. The smallest absolute Gasteiger partial charge is 0.0971 e. The first-order chi connectivity index (χ1) is 8.19. The molecule has 0 bridgehead atoms. The van der Waals surface area contributed by atoms with Crippen LogP contribution in [0.4, 0.5) is 0 Å². The van der Waals surface area contributed by atoms with Gasteiger partial charge < -0.3 is 5.73 Å². The number of hydrogen-bond donors (Lipinski definition) is 1. The van der Waals surface area contributed by atoms with Crippen molar-refractivity contribution in [3.8, 4) is 0 Å². The number of aromatic nitrogens is 1. The van der Waals surface area contributed by atoms with Gasteiger partial charge in [0.25, 0.3) is 0 Å². The van der Waals surface area contributed by atoms with E-state index in [9.17, 15) is 0 Å². The Morgan fingerprint density at radius 2 is 2.00 bits per heavy atom. The summed E-state index contributed by atoms with van der Waals surface area (Å²) in [6.07, 6.45) is 2.88. The van der Waals surface area contributed by atoms with E-state index in [-0.39, 0.29) is 0 Å². The Kier molecular flexibility index (Phi) is 3.92. The average Bonchev–Trinajstić information content (AvgIpc) is 2.80. The minimum atomic E-state index is 0.416. The van der Waals surface area contributed by atoms with Gasteiger partial charge in [-0.3, -0.25) is 0 Å². The molecule has 0 aliphatic carbocycles. The van der Waals surface area contributed by atoms with Crippen LogP contribution in [-0.4, -0.2) is 11.5 Å². The summed E-state index contributed by atoms with van der Waals surface area (Å²) in [6, 6.07) is 8.63. The van der Waals surface area contributed by atoms with Gasteiger partial charge in [-0.2, -0.15) is 0 Å². The third kappa shape index (κ3) is 3.14. The van der Waals surface area contributed by atoms with Gasteiger partial charge in [0.2, 0.25) is 0 Å². The van der Waals surface area contributed by atoms with Crippen LogP contribution in [0.2, 0.25) is 0 Å². The average molecular weight is 246 g/mol. The summed E-state index contributed by atoms with van der Waals surface area (Å²) in [5.41, 5.74) is 8.27. The van der Waals surface area contributed by atoms with E-state index in [1.165, 1.54) is 21.0 Å². The Morgan fingerprint density at radius 3 is 2.65 bits per heavy atom. The predicted octanol–water partition coefficient (Wildman–Crippen LogP) is 3.10. The molecule has 2 N–H and O–H groups in total. The zero-order chi connectivity index (χ0) is 12.3. The minimum Gasteiger partial charge on any atom is -0.330 e. The zero-order valence-electron chi connectivity index (χ0n) is 10.3. The van der Waals surface area contributed by atoms with Crippen LogP contribution in [0.25, 0.3) is 0 Å². The molecule has 1 unspecified atom stereocenters. The topological polar surface area (TPSA) is 38.9 Å². The lowest BCUT2D eigenvalue weighted by molar-refractivity contribution is 0.787.